The Morgan fingerprint density at radius 2 is 2.14 bits per heavy atom. The van der Waals surface area contributed by atoms with Crippen LogP contribution in [0.5, 0.6) is 0 Å². The predicted octanol–water partition coefficient (Wildman–Crippen LogP) is 4.16. The predicted molar refractivity (Wildman–Crippen MR) is 65.0 cm³/mol. The Hall–Kier alpha value is -0.470. The van der Waals surface area contributed by atoms with Crippen molar-refractivity contribution >= 4 is 38.4 Å². The largest absolute Gasteiger partial charge is 0.347 e. The molecule has 0 aliphatic rings. The van der Waals surface area contributed by atoms with Crippen LogP contribution in [0.1, 0.15) is 12.6 Å². The zero-order valence-electron chi connectivity index (χ0n) is 8.14. The minimum absolute atomic E-state index is 0.784. The number of hydrogen-bond acceptors (Lipinski definition) is 0. The van der Waals surface area contributed by atoms with Gasteiger partial charge in [-0.3, -0.25) is 0 Å². The third-order valence-corrected chi connectivity index (χ3v) is 3.67. The number of halogens is 2. The molecule has 0 aliphatic carbocycles. The summed E-state index contributed by atoms with van der Waals surface area (Å²) in [6.07, 6.45) is 1.02. The van der Waals surface area contributed by atoms with Crippen LogP contribution < -0.4 is 0 Å². The van der Waals surface area contributed by atoms with E-state index in [1.165, 1.54) is 21.1 Å². The second kappa shape index (κ2) is 3.59. The Morgan fingerprint density at radius 3 is 2.79 bits per heavy atom. The lowest BCUT2D eigenvalue weighted by Crippen LogP contribution is -1.93. The fourth-order valence-corrected chi connectivity index (χ4v) is 2.85. The fraction of sp³-hybridized carbons (Fsp3) is 0.273. The number of aromatic nitrogens is 1. The standard InChI is InChI=1S/C11H11BrClN/c1-3-9-11(12)8-6-7(13)4-5-10(8)14(9)2/h4-6H,3H2,1-2H3. The molecule has 0 saturated heterocycles. The first-order chi connectivity index (χ1) is 6.65. The first-order valence-electron chi connectivity index (χ1n) is 4.57. The van der Waals surface area contributed by atoms with Gasteiger partial charge in [-0.1, -0.05) is 18.5 Å². The molecule has 0 spiro atoms. The molecule has 0 saturated carbocycles. The molecular weight excluding hydrogens is 261 g/mol. The molecule has 0 N–H and O–H groups in total. The molecule has 0 radical (unpaired) electrons. The maximum atomic E-state index is 5.97. The zero-order chi connectivity index (χ0) is 10.3. The van der Waals surface area contributed by atoms with Crippen LogP contribution in [-0.4, -0.2) is 4.57 Å². The minimum Gasteiger partial charge on any atom is -0.347 e. The van der Waals surface area contributed by atoms with Gasteiger partial charge in [0.1, 0.15) is 0 Å². The SMILES string of the molecule is CCc1c(Br)c2cc(Cl)ccc2n1C. The Kier molecular flexibility index (Phi) is 2.58. The minimum atomic E-state index is 0.784. The Labute approximate surface area is 96.8 Å². The van der Waals surface area contributed by atoms with Crippen LogP contribution in [0, 0.1) is 0 Å². The van der Waals surface area contributed by atoms with Crippen molar-refractivity contribution in [1.29, 1.82) is 0 Å². The van der Waals surface area contributed by atoms with Gasteiger partial charge in [0, 0.05) is 33.1 Å². The van der Waals surface area contributed by atoms with Gasteiger partial charge in [-0.05, 0) is 40.5 Å². The summed E-state index contributed by atoms with van der Waals surface area (Å²) in [5.41, 5.74) is 2.53. The average molecular weight is 273 g/mol. The Bertz CT molecular complexity index is 487. The molecule has 2 aromatic rings. The van der Waals surface area contributed by atoms with E-state index in [0.29, 0.717) is 0 Å². The van der Waals surface area contributed by atoms with E-state index in [1.54, 1.807) is 0 Å². The maximum Gasteiger partial charge on any atom is 0.0492 e. The van der Waals surface area contributed by atoms with Crippen LogP contribution in [0.2, 0.25) is 5.02 Å². The van der Waals surface area contributed by atoms with Crippen molar-refractivity contribution in [3.63, 3.8) is 0 Å². The van der Waals surface area contributed by atoms with Crippen molar-refractivity contribution in [2.45, 2.75) is 13.3 Å². The van der Waals surface area contributed by atoms with Gasteiger partial charge in [0.2, 0.25) is 0 Å². The number of rotatable bonds is 1. The van der Waals surface area contributed by atoms with E-state index in [4.69, 9.17) is 11.6 Å². The smallest absolute Gasteiger partial charge is 0.0492 e. The maximum absolute atomic E-state index is 5.97. The third-order valence-electron chi connectivity index (χ3n) is 2.55. The van der Waals surface area contributed by atoms with Gasteiger partial charge in [0.25, 0.3) is 0 Å². The third kappa shape index (κ3) is 1.37. The highest BCUT2D eigenvalue weighted by atomic mass is 79.9. The topological polar surface area (TPSA) is 4.93 Å². The van der Waals surface area contributed by atoms with Crippen LogP contribution in [0.15, 0.2) is 22.7 Å². The van der Waals surface area contributed by atoms with E-state index in [2.05, 4.69) is 40.5 Å². The highest BCUT2D eigenvalue weighted by Gasteiger charge is 2.11. The second-order valence-electron chi connectivity index (χ2n) is 3.33. The zero-order valence-corrected chi connectivity index (χ0v) is 10.5. The molecule has 0 atom stereocenters. The summed E-state index contributed by atoms with van der Waals surface area (Å²) in [5, 5.41) is 1.98. The Balaban J connectivity index is 2.87. The average Bonchev–Trinajstić information content (AvgIpc) is 2.39. The number of fused-ring (bicyclic) bond motifs is 1. The summed E-state index contributed by atoms with van der Waals surface area (Å²) in [5.74, 6) is 0. The van der Waals surface area contributed by atoms with E-state index in [-0.39, 0.29) is 0 Å². The van der Waals surface area contributed by atoms with Gasteiger partial charge in [-0.25, -0.2) is 0 Å². The van der Waals surface area contributed by atoms with Crippen LogP contribution in [-0.2, 0) is 13.5 Å². The van der Waals surface area contributed by atoms with Crippen LogP contribution in [0.4, 0.5) is 0 Å². The summed E-state index contributed by atoms with van der Waals surface area (Å²) in [7, 11) is 2.08. The quantitative estimate of drug-likeness (QED) is 0.735. The van der Waals surface area contributed by atoms with Crippen molar-refractivity contribution < 1.29 is 0 Å². The first-order valence-corrected chi connectivity index (χ1v) is 5.74. The van der Waals surface area contributed by atoms with Crippen LogP contribution >= 0.6 is 27.5 Å². The summed E-state index contributed by atoms with van der Waals surface area (Å²) < 4.78 is 3.37. The van der Waals surface area contributed by atoms with Crippen molar-refractivity contribution in [2.75, 3.05) is 0 Å². The van der Waals surface area contributed by atoms with Crippen molar-refractivity contribution in [3.8, 4) is 0 Å². The van der Waals surface area contributed by atoms with Gasteiger partial charge < -0.3 is 4.57 Å². The van der Waals surface area contributed by atoms with Crippen molar-refractivity contribution in [1.82, 2.24) is 4.57 Å². The highest BCUT2D eigenvalue weighted by molar-refractivity contribution is 9.10. The van der Waals surface area contributed by atoms with Gasteiger partial charge in [0.15, 0.2) is 0 Å². The lowest BCUT2D eigenvalue weighted by Gasteiger charge is -2.00. The Morgan fingerprint density at radius 1 is 1.43 bits per heavy atom. The van der Waals surface area contributed by atoms with E-state index < -0.39 is 0 Å². The van der Waals surface area contributed by atoms with E-state index in [0.717, 1.165) is 11.4 Å². The molecule has 14 heavy (non-hydrogen) atoms. The molecule has 0 bridgehead atoms. The van der Waals surface area contributed by atoms with Crippen LogP contribution in [0.3, 0.4) is 0 Å². The number of nitrogens with zero attached hydrogens (tertiary/aromatic N) is 1. The van der Waals surface area contributed by atoms with Gasteiger partial charge >= 0.3 is 0 Å². The molecule has 74 valence electrons. The lowest BCUT2D eigenvalue weighted by atomic mass is 10.2. The molecule has 1 heterocycles. The van der Waals surface area contributed by atoms with Gasteiger partial charge in [0.05, 0.1) is 0 Å². The normalized spacial score (nSPS) is 11.1. The van der Waals surface area contributed by atoms with Crippen molar-refractivity contribution in [2.24, 2.45) is 7.05 Å². The molecular formula is C11H11BrClN. The molecule has 1 aromatic carbocycles. The van der Waals surface area contributed by atoms with Gasteiger partial charge in [-0.15, -0.1) is 0 Å². The number of benzene rings is 1. The molecule has 1 nitrogen and oxygen atoms in total. The number of aryl methyl sites for hydroxylation is 1. The molecule has 0 unspecified atom stereocenters. The molecule has 0 aliphatic heterocycles. The first kappa shape index (κ1) is 10.1. The molecule has 1 aromatic heterocycles. The monoisotopic (exact) mass is 271 g/mol. The molecule has 2 rings (SSSR count). The summed E-state index contributed by atoms with van der Waals surface area (Å²) in [4.78, 5) is 0. The number of hydrogen-bond donors (Lipinski definition) is 0. The van der Waals surface area contributed by atoms with E-state index in [9.17, 15) is 0 Å². The summed E-state index contributed by atoms with van der Waals surface area (Å²) >= 11 is 9.58. The second-order valence-corrected chi connectivity index (χ2v) is 4.56. The van der Waals surface area contributed by atoms with Crippen molar-refractivity contribution in [3.05, 3.63) is 33.4 Å². The van der Waals surface area contributed by atoms with Gasteiger partial charge in [-0.2, -0.15) is 0 Å². The summed E-state index contributed by atoms with van der Waals surface area (Å²) in [6, 6.07) is 5.98. The molecule has 0 fully saturated rings. The fourth-order valence-electron chi connectivity index (χ4n) is 1.82. The lowest BCUT2D eigenvalue weighted by molar-refractivity contribution is 0.860. The highest BCUT2D eigenvalue weighted by Crippen LogP contribution is 2.32. The summed E-state index contributed by atoms with van der Waals surface area (Å²) in [6.45, 7) is 2.15. The van der Waals surface area contributed by atoms with E-state index in [1.807, 2.05) is 12.1 Å². The molecule has 0 amide bonds. The van der Waals surface area contributed by atoms with E-state index >= 15 is 0 Å². The van der Waals surface area contributed by atoms with Crippen LogP contribution in [0.25, 0.3) is 10.9 Å². The molecule has 3 heteroatoms.